The lowest BCUT2D eigenvalue weighted by molar-refractivity contribution is -0.143. The lowest BCUT2D eigenvalue weighted by Gasteiger charge is -2.26. The number of carbonyl (C=O) groups is 5. The van der Waals surface area contributed by atoms with Crippen molar-refractivity contribution in [2.45, 2.75) is 63.7 Å². The number of aromatic nitrogens is 1. The number of carbonyl (C=O) groups excluding carboxylic acids is 3. The Bertz CT molecular complexity index is 1270. The van der Waals surface area contributed by atoms with Crippen LogP contribution < -0.4 is 33.2 Å². The van der Waals surface area contributed by atoms with Crippen molar-refractivity contribution in [2.75, 3.05) is 6.54 Å². The number of para-hydroxylation sites is 1. The molecule has 2 aromatic rings. The van der Waals surface area contributed by atoms with Gasteiger partial charge in [-0.3, -0.25) is 24.2 Å². The van der Waals surface area contributed by atoms with Crippen LogP contribution in [0.5, 0.6) is 0 Å². The van der Waals surface area contributed by atoms with Crippen molar-refractivity contribution in [2.24, 2.45) is 28.1 Å². The molecule has 0 aliphatic rings. The number of nitrogens with zero attached hydrogens (tertiary/aromatic N) is 1. The van der Waals surface area contributed by atoms with E-state index in [9.17, 15) is 34.2 Å². The first kappa shape index (κ1) is 32.6. The van der Waals surface area contributed by atoms with Gasteiger partial charge in [-0.15, -0.1) is 0 Å². The molecule has 0 fully saturated rings. The van der Waals surface area contributed by atoms with Crippen LogP contribution in [0.1, 0.15) is 38.7 Å². The molecule has 0 aliphatic heterocycles. The highest BCUT2D eigenvalue weighted by Gasteiger charge is 2.33. The fraction of sp³-hybridized carbons (Fsp3) is 0.462. The van der Waals surface area contributed by atoms with Crippen molar-refractivity contribution in [3.8, 4) is 0 Å². The van der Waals surface area contributed by atoms with Crippen LogP contribution in [0, 0.1) is 5.92 Å². The third kappa shape index (κ3) is 10.1. The molecule has 12 N–H and O–H groups in total. The third-order valence-corrected chi connectivity index (χ3v) is 6.28. The topological polar surface area (TPSA) is 268 Å². The van der Waals surface area contributed by atoms with Gasteiger partial charge in [-0.2, -0.15) is 0 Å². The Balaban J connectivity index is 2.10. The molecule has 0 bridgehead atoms. The summed E-state index contributed by atoms with van der Waals surface area (Å²) in [5.74, 6) is -5.77. The minimum absolute atomic E-state index is 0.0252. The summed E-state index contributed by atoms with van der Waals surface area (Å²) in [6, 6.07) is 2.15. The lowest BCUT2D eigenvalue weighted by Crippen LogP contribution is -2.59. The molecule has 4 atom stereocenters. The average Bonchev–Trinajstić information content (AvgIpc) is 3.30. The number of aliphatic carboxylic acids is 2. The molecule has 0 aliphatic carbocycles. The molecule has 15 nitrogen and oxygen atoms in total. The maximum absolute atomic E-state index is 13.1. The number of rotatable bonds is 16. The van der Waals surface area contributed by atoms with Crippen LogP contribution in [0.3, 0.4) is 0 Å². The second-order valence-corrected chi connectivity index (χ2v) is 9.91. The van der Waals surface area contributed by atoms with E-state index in [1.54, 1.807) is 20.0 Å². The molecule has 3 amide bonds. The molecule has 224 valence electrons. The van der Waals surface area contributed by atoms with Gasteiger partial charge in [0.2, 0.25) is 17.7 Å². The van der Waals surface area contributed by atoms with E-state index in [1.807, 2.05) is 24.3 Å². The Labute approximate surface area is 236 Å². The second kappa shape index (κ2) is 15.2. The maximum atomic E-state index is 13.1. The number of hydrogen-bond acceptors (Lipinski definition) is 7. The zero-order chi connectivity index (χ0) is 30.7. The normalized spacial score (nSPS) is 14.0. The largest absolute Gasteiger partial charge is 0.481 e. The molecule has 2 rings (SSSR count). The van der Waals surface area contributed by atoms with Crippen molar-refractivity contribution in [1.29, 1.82) is 0 Å². The number of nitrogens with two attached hydrogens (primary N) is 3. The molecule has 0 saturated carbocycles. The highest BCUT2D eigenvalue weighted by atomic mass is 16.4. The van der Waals surface area contributed by atoms with Gasteiger partial charge in [-0.1, -0.05) is 32.0 Å². The first-order chi connectivity index (χ1) is 19.3. The van der Waals surface area contributed by atoms with E-state index in [0.717, 1.165) is 10.9 Å². The quantitative estimate of drug-likeness (QED) is 0.0653. The smallest absolute Gasteiger partial charge is 0.326 e. The Hall–Kier alpha value is -4.66. The van der Waals surface area contributed by atoms with Crippen molar-refractivity contribution >= 4 is 46.5 Å². The van der Waals surface area contributed by atoms with Crippen molar-refractivity contribution in [3.63, 3.8) is 0 Å². The number of benzene rings is 1. The summed E-state index contributed by atoms with van der Waals surface area (Å²) in [6.45, 7) is 3.47. The van der Waals surface area contributed by atoms with E-state index in [1.165, 1.54) is 0 Å². The fourth-order valence-corrected chi connectivity index (χ4v) is 4.08. The lowest BCUT2D eigenvalue weighted by atomic mass is 10.0. The third-order valence-electron chi connectivity index (χ3n) is 6.28. The number of guanidine groups is 1. The van der Waals surface area contributed by atoms with Crippen LogP contribution in [-0.4, -0.2) is 81.5 Å². The minimum atomic E-state index is -1.54. The molecular weight excluding hydrogens is 536 g/mol. The fourth-order valence-electron chi connectivity index (χ4n) is 4.08. The van der Waals surface area contributed by atoms with Gasteiger partial charge in [-0.05, 0) is 30.4 Å². The second-order valence-electron chi connectivity index (χ2n) is 9.91. The summed E-state index contributed by atoms with van der Waals surface area (Å²) in [4.78, 5) is 69.0. The summed E-state index contributed by atoms with van der Waals surface area (Å²) in [6.07, 6.45) is 1.39. The predicted molar refractivity (Wildman–Crippen MR) is 150 cm³/mol. The van der Waals surface area contributed by atoms with E-state index < -0.39 is 66.2 Å². The van der Waals surface area contributed by atoms with Crippen LogP contribution in [0.4, 0.5) is 0 Å². The number of amides is 3. The van der Waals surface area contributed by atoms with Gasteiger partial charge in [-0.25, -0.2) is 4.79 Å². The molecule has 41 heavy (non-hydrogen) atoms. The molecule has 15 heteroatoms. The monoisotopic (exact) mass is 574 g/mol. The van der Waals surface area contributed by atoms with Crippen molar-refractivity contribution in [3.05, 3.63) is 36.0 Å². The number of nitrogens with one attached hydrogen (secondary N) is 4. The van der Waals surface area contributed by atoms with E-state index >= 15 is 0 Å². The van der Waals surface area contributed by atoms with Gasteiger partial charge < -0.3 is 48.3 Å². The Morgan fingerprint density at radius 1 is 0.951 bits per heavy atom. The molecular formula is C26H38N8O7. The Morgan fingerprint density at radius 3 is 2.22 bits per heavy atom. The summed E-state index contributed by atoms with van der Waals surface area (Å²) in [5, 5.41) is 27.1. The van der Waals surface area contributed by atoms with Crippen LogP contribution >= 0.6 is 0 Å². The van der Waals surface area contributed by atoms with E-state index in [0.29, 0.717) is 12.0 Å². The molecule has 0 radical (unpaired) electrons. The van der Waals surface area contributed by atoms with Gasteiger partial charge in [0.05, 0.1) is 12.5 Å². The molecule has 1 heterocycles. The molecule has 4 unspecified atom stereocenters. The summed E-state index contributed by atoms with van der Waals surface area (Å²) in [7, 11) is 0. The van der Waals surface area contributed by atoms with Crippen molar-refractivity contribution < 1.29 is 34.2 Å². The summed E-state index contributed by atoms with van der Waals surface area (Å²) >= 11 is 0. The van der Waals surface area contributed by atoms with Crippen LogP contribution in [-0.2, 0) is 30.4 Å². The highest BCUT2D eigenvalue weighted by Crippen LogP contribution is 2.19. The number of H-pyrrole nitrogens is 1. The van der Waals surface area contributed by atoms with Crippen LogP contribution in [0.2, 0.25) is 0 Å². The SMILES string of the molecule is CC(C)C(NC(=O)C(CC(=O)O)NC(=O)C(N)CCCN=C(N)N)C(=O)NC(Cc1c[nH]c2ccccc12)C(=O)O. The van der Waals surface area contributed by atoms with Gasteiger partial charge in [0.15, 0.2) is 5.96 Å². The zero-order valence-electron chi connectivity index (χ0n) is 22.9. The van der Waals surface area contributed by atoms with Gasteiger partial charge in [0.25, 0.3) is 0 Å². The van der Waals surface area contributed by atoms with Gasteiger partial charge in [0.1, 0.15) is 18.1 Å². The maximum Gasteiger partial charge on any atom is 0.326 e. The first-order valence-electron chi connectivity index (χ1n) is 13.0. The number of fused-ring (bicyclic) bond motifs is 1. The standard InChI is InChI=1S/C26H38N8O7/c1-13(2)21(24(39)33-19(25(40)41)10-14-12-31-17-8-4-3-6-15(14)17)34-23(38)18(11-20(35)36)32-22(37)16(27)7-5-9-30-26(28)29/h3-4,6,8,12-13,16,18-19,21,31H,5,7,9-11,27H2,1-2H3,(H,32,37)(H,33,39)(H,34,38)(H,35,36)(H,40,41)(H4,28,29,30). The predicted octanol–water partition coefficient (Wildman–Crippen LogP) is -1.24. The zero-order valence-corrected chi connectivity index (χ0v) is 22.9. The van der Waals surface area contributed by atoms with Crippen LogP contribution in [0.15, 0.2) is 35.5 Å². The average molecular weight is 575 g/mol. The molecule has 1 aromatic carbocycles. The minimum Gasteiger partial charge on any atom is -0.481 e. The number of hydrogen-bond donors (Lipinski definition) is 9. The number of carboxylic acid groups (broad SMARTS) is 2. The van der Waals surface area contributed by atoms with Gasteiger partial charge >= 0.3 is 11.9 Å². The van der Waals surface area contributed by atoms with E-state index in [2.05, 4.69) is 25.9 Å². The number of aromatic amines is 1. The van der Waals surface area contributed by atoms with Gasteiger partial charge in [0, 0.05) is 30.1 Å². The number of carboxylic acids is 2. The Morgan fingerprint density at radius 2 is 1.61 bits per heavy atom. The summed E-state index contributed by atoms with van der Waals surface area (Å²) in [5.41, 5.74) is 17.8. The van der Waals surface area contributed by atoms with E-state index in [-0.39, 0.29) is 25.3 Å². The van der Waals surface area contributed by atoms with Crippen molar-refractivity contribution in [1.82, 2.24) is 20.9 Å². The van der Waals surface area contributed by atoms with Crippen LogP contribution in [0.25, 0.3) is 10.9 Å². The Kier molecular flexibility index (Phi) is 12.1. The summed E-state index contributed by atoms with van der Waals surface area (Å²) < 4.78 is 0. The van der Waals surface area contributed by atoms with E-state index in [4.69, 9.17) is 17.2 Å². The highest BCUT2D eigenvalue weighted by molar-refractivity contribution is 5.96. The molecule has 0 saturated heterocycles. The molecule has 0 spiro atoms. The first-order valence-corrected chi connectivity index (χ1v) is 13.0. The number of aliphatic imine (C=N–C) groups is 1. The molecule has 1 aromatic heterocycles.